The van der Waals surface area contributed by atoms with E-state index in [0.29, 0.717) is 12.1 Å². The van der Waals surface area contributed by atoms with Gasteiger partial charge in [-0.05, 0) is 36.2 Å². The molecule has 0 atom stereocenters. The van der Waals surface area contributed by atoms with Gasteiger partial charge in [0.15, 0.2) is 6.61 Å². The fourth-order valence-electron chi connectivity index (χ4n) is 2.28. The summed E-state index contributed by atoms with van der Waals surface area (Å²) >= 11 is 5.58. The third-order valence-corrected chi connectivity index (χ3v) is 4.25. The van der Waals surface area contributed by atoms with Crippen LogP contribution >= 0.6 is 11.6 Å². The number of carbonyl (C=O) groups is 2. The van der Waals surface area contributed by atoms with Gasteiger partial charge in [0.1, 0.15) is 17.3 Å². The molecule has 154 valence electrons. The van der Waals surface area contributed by atoms with Gasteiger partial charge in [0.25, 0.3) is 5.91 Å². The molecule has 0 aliphatic carbocycles. The summed E-state index contributed by atoms with van der Waals surface area (Å²) in [6, 6.07) is 11.2. The van der Waals surface area contributed by atoms with Crippen molar-refractivity contribution in [1.29, 1.82) is 0 Å². The number of benzene rings is 2. The molecule has 2 aromatic carbocycles. The first kappa shape index (κ1) is 22.2. The van der Waals surface area contributed by atoms with Gasteiger partial charge in [-0.1, -0.05) is 30.3 Å². The predicted molar refractivity (Wildman–Crippen MR) is 109 cm³/mol. The molecule has 2 aromatic rings. The first-order chi connectivity index (χ1) is 13.9. The molecule has 0 aliphatic rings. The van der Waals surface area contributed by atoms with Gasteiger partial charge in [-0.3, -0.25) is 9.59 Å². The Balaban J connectivity index is 1.65. The zero-order valence-electron chi connectivity index (χ0n) is 16.0. The van der Waals surface area contributed by atoms with Crippen LogP contribution < -0.4 is 20.1 Å². The maximum Gasteiger partial charge on any atom is 0.257 e. The number of amides is 2. The molecule has 8 heteroatoms. The Bertz CT molecular complexity index is 871. The van der Waals surface area contributed by atoms with E-state index in [1.165, 1.54) is 12.1 Å². The van der Waals surface area contributed by atoms with Gasteiger partial charge in [0.2, 0.25) is 5.91 Å². The van der Waals surface area contributed by atoms with Crippen molar-refractivity contribution in [3.05, 3.63) is 71.0 Å². The average Bonchev–Trinajstić information content (AvgIpc) is 2.73. The van der Waals surface area contributed by atoms with Crippen LogP contribution in [0.15, 0.2) is 54.6 Å². The van der Waals surface area contributed by atoms with Crippen LogP contribution in [0.3, 0.4) is 0 Å². The fourth-order valence-corrected chi connectivity index (χ4v) is 2.40. The highest BCUT2D eigenvalue weighted by Crippen LogP contribution is 2.20. The molecule has 2 N–H and O–H groups in total. The van der Waals surface area contributed by atoms with Gasteiger partial charge >= 0.3 is 0 Å². The average molecular weight is 421 g/mol. The summed E-state index contributed by atoms with van der Waals surface area (Å²) in [5, 5.41) is 5.36. The Morgan fingerprint density at radius 3 is 2.45 bits per heavy atom. The van der Waals surface area contributed by atoms with Crippen molar-refractivity contribution < 1.29 is 23.5 Å². The monoisotopic (exact) mass is 420 g/mol. The van der Waals surface area contributed by atoms with E-state index in [9.17, 15) is 14.0 Å². The SMILES string of the molecule is C=C(CCNC(=O)COc1ccc(Cl)c(F)c1)C(=O)NCc1ccc(OC)cc1. The molecule has 0 saturated carbocycles. The van der Waals surface area contributed by atoms with E-state index in [4.69, 9.17) is 21.1 Å². The standard InChI is InChI=1S/C21H22ClFN2O4/c1-14(21(27)25-12-15-3-5-16(28-2)6-4-15)9-10-24-20(26)13-29-17-7-8-18(22)19(23)11-17/h3-8,11H,1,9-10,12-13H2,2H3,(H,24,26)(H,25,27). The van der Waals surface area contributed by atoms with Gasteiger partial charge < -0.3 is 20.1 Å². The van der Waals surface area contributed by atoms with Crippen molar-refractivity contribution >= 4 is 23.4 Å². The minimum absolute atomic E-state index is 0.0226. The van der Waals surface area contributed by atoms with E-state index < -0.39 is 11.7 Å². The van der Waals surface area contributed by atoms with Crippen LogP contribution in [0.25, 0.3) is 0 Å². The molecule has 6 nitrogen and oxygen atoms in total. The van der Waals surface area contributed by atoms with Crippen LogP contribution in [-0.4, -0.2) is 32.1 Å². The molecule has 0 saturated heterocycles. The Morgan fingerprint density at radius 2 is 1.79 bits per heavy atom. The van der Waals surface area contributed by atoms with Gasteiger partial charge in [-0.25, -0.2) is 4.39 Å². The number of halogens is 2. The highest BCUT2D eigenvalue weighted by molar-refractivity contribution is 6.30. The Kier molecular flexibility index (Phi) is 8.48. The quantitative estimate of drug-likeness (QED) is 0.578. The lowest BCUT2D eigenvalue weighted by molar-refractivity contribution is -0.123. The Labute approximate surface area is 173 Å². The summed E-state index contributed by atoms with van der Waals surface area (Å²) in [5.74, 6) is -0.369. The first-order valence-corrected chi connectivity index (χ1v) is 9.20. The third kappa shape index (κ3) is 7.46. The highest BCUT2D eigenvalue weighted by Gasteiger charge is 2.09. The van der Waals surface area contributed by atoms with Gasteiger partial charge in [0, 0.05) is 24.7 Å². The molecule has 2 amide bonds. The lowest BCUT2D eigenvalue weighted by atomic mass is 10.2. The largest absolute Gasteiger partial charge is 0.497 e. The number of methoxy groups -OCH3 is 1. The molecular formula is C21H22ClFN2O4. The molecule has 0 radical (unpaired) electrons. The van der Waals surface area contributed by atoms with Crippen LogP contribution in [0.1, 0.15) is 12.0 Å². The normalized spacial score (nSPS) is 10.2. The molecule has 0 fully saturated rings. The van der Waals surface area contributed by atoms with Crippen LogP contribution in [-0.2, 0) is 16.1 Å². The number of nitrogens with one attached hydrogen (secondary N) is 2. The molecule has 0 bridgehead atoms. The van der Waals surface area contributed by atoms with E-state index in [0.717, 1.165) is 17.4 Å². The van der Waals surface area contributed by atoms with Gasteiger partial charge in [-0.2, -0.15) is 0 Å². The number of hydrogen-bond donors (Lipinski definition) is 2. The molecule has 0 aromatic heterocycles. The van der Waals surface area contributed by atoms with E-state index in [1.54, 1.807) is 7.11 Å². The number of carbonyl (C=O) groups excluding carboxylic acids is 2. The van der Waals surface area contributed by atoms with E-state index in [2.05, 4.69) is 17.2 Å². The maximum atomic E-state index is 13.3. The second-order valence-electron chi connectivity index (χ2n) is 6.10. The summed E-state index contributed by atoms with van der Waals surface area (Å²) < 4.78 is 23.6. The smallest absolute Gasteiger partial charge is 0.257 e. The van der Waals surface area contributed by atoms with Gasteiger partial charge in [0.05, 0.1) is 12.1 Å². The minimum Gasteiger partial charge on any atom is -0.497 e. The van der Waals surface area contributed by atoms with Crippen molar-refractivity contribution in [1.82, 2.24) is 10.6 Å². The number of hydrogen-bond acceptors (Lipinski definition) is 4. The molecule has 0 aliphatic heterocycles. The zero-order chi connectivity index (χ0) is 21.2. The molecule has 0 spiro atoms. The summed E-state index contributed by atoms with van der Waals surface area (Å²) in [5.41, 5.74) is 1.27. The lowest BCUT2D eigenvalue weighted by Gasteiger charge is -2.10. The van der Waals surface area contributed by atoms with Crippen molar-refractivity contribution in [3.63, 3.8) is 0 Å². The van der Waals surface area contributed by atoms with Crippen molar-refractivity contribution in [2.24, 2.45) is 0 Å². The van der Waals surface area contributed by atoms with E-state index in [-0.39, 0.29) is 36.3 Å². The summed E-state index contributed by atoms with van der Waals surface area (Å²) in [6.07, 6.45) is 0.287. The fraction of sp³-hybridized carbons (Fsp3) is 0.238. The van der Waals surface area contributed by atoms with Crippen LogP contribution in [0.4, 0.5) is 4.39 Å². The van der Waals surface area contributed by atoms with E-state index in [1.807, 2.05) is 24.3 Å². The predicted octanol–water partition coefficient (Wildman–Crippen LogP) is 3.25. The molecule has 0 unspecified atom stereocenters. The first-order valence-electron chi connectivity index (χ1n) is 8.82. The summed E-state index contributed by atoms with van der Waals surface area (Å²) in [4.78, 5) is 23.9. The molecule has 29 heavy (non-hydrogen) atoms. The van der Waals surface area contributed by atoms with Crippen molar-refractivity contribution in [3.8, 4) is 11.5 Å². The molecule has 0 heterocycles. The second kappa shape index (κ2) is 11.1. The summed E-state index contributed by atoms with van der Waals surface area (Å²) in [7, 11) is 1.59. The van der Waals surface area contributed by atoms with Crippen molar-refractivity contribution in [2.75, 3.05) is 20.3 Å². The number of ether oxygens (including phenoxy) is 2. The van der Waals surface area contributed by atoms with Gasteiger partial charge in [-0.15, -0.1) is 0 Å². The maximum absolute atomic E-state index is 13.3. The topological polar surface area (TPSA) is 76.7 Å². The minimum atomic E-state index is -0.624. The van der Waals surface area contributed by atoms with Crippen LogP contribution in [0.2, 0.25) is 5.02 Å². The van der Waals surface area contributed by atoms with E-state index >= 15 is 0 Å². The zero-order valence-corrected chi connectivity index (χ0v) is 16.7. The highest BCUT2D eigenvalue weighted by atomic mass is 35.5. The number of rotatable bonds is 10. The Hall–Kier alpha value is -3.06. The molecular weight excluding hydrogens is 399 g/mol. The third-order valence-electron chi connectivity index (χ3n) is 3.94. The summed E-state index contributed by atoms with van der Waals surface area (Å²) in [6.45, 7) is 4.04. The Morgan fingerprint density at radius 1 is 1.10 bits per heavy atom. The lowest BCUT2D eigenvalue weighted by Crippen LogP contribution is -2.31. The van der Waals surface area contributed by atoms with Crippen molar-refractivity contribution in [2.45, 2.75) is 13.0 Å². The van der Waals surface area contributed by atoms with Crippen LogP contribution in [0, 0.1) is 5.82 Å². The molecule has 2 rings (SSSR count). The van der Waals surface area contributed by atoms with Crippen LogP contribution in [0.5, 0.6) is 11.5 Å². The second-order valence-corrected chi connectivity index (χ2v) is 6.51.